The van der Waals surface area contributed by atoms with Crippen LogP contribution in [0.15, 0.2) is 48.5 Å². The average Bonchev–Trinajstić information content (AvgIpc) is 2.50. The van der Waals surface area contributed by atoms with Gasteiger partial charge in [0.05, 0.1) is 5.69 Å². The Morgan fingerprint density at radius 3 is 2.43 bits per heavy atom. The summed E-state index contributed by atoms with van der Waals surface area (Å²) < 4.78 is 0. The van der Waals surface area contributed by atoms with Crippen LogP contribution in [0.25, 0.3) is 0 Å². The van der Waals surface area contributed by atoms with Gasteiger partial charge in [-0.2, -0.15) is 0 Å². The number of hydrogen-bond acceptors (Lipinski definition) is 3. The van der Waals surface area contributed by atoms with Gasteiger partial charge in [0.2, 0.25) is 0 Å². The third-order valence-corrected chi connectivity index (χ3v) is 3.04. The number of likely N-dealkylation sites (N-methyl/N-ethyl adjacent to an activating group) is 1. The number of phenols is 1. The zero-order valence-corrected chi connectivity index (χ0v) is 11.8. The zero-order valence-electron chi connectivity index (χ0n) is 11.8. The number of anilines is 2. The predicted molar refractivity (Wildman–Crippen MR) is 81.3 cm³/mol. The highest BCUT2D eigenvalue weighted by molar-refractivity contribution is 6.44. The third-order valence-electron chi connectivity index (χ3n) is 3.04. The molecule has 2 N–H and O–H groups in total. The van der Waals surface area contributed by atoms with Gasteiger partial charge in [0.15, 0.2) is 0 Å². The lowest BCUT2D eigenvalue weighted by atomic mass is 10.2. The Kier molecular flexibility index (Phi) is 4.23. The van der Waals surface area contributed by atoms with Gasteiger partial charge >= 0.3 is 11.8 Å². The largest absolute Gasteiger partial charge is 0.506 e. The second-order valence-corrected chi connectivity index (χ2v) is 4.67. The van der Waals surface area contributed by atoms with Gasteiger partial charge < -0.3 is 15.3 Å². The molecule has 0 aliphatic carbocycles. The molecule has 0 atom stereocenters. The van der Waals surface area contributed by atoms with E-state index < -0.39 is 11.8 Å². The minimum Gasteiger partial charge on any atom is -0.506 e. The quantitative estimate of drug-likeness (QED) is 0.656. The molecular weight excluding hydrogens is 268 g/mol. The first-order valence-electron chi connectivity index (χ1n) is 6.42. The van der Waals surface area contributed by atoms with Crippen molar-refractivity contribution in [3.63, 3.8) is 0 Å². The molecular formula is C16H16N2O3. The van der Waals surface area contributed by atoms with Crippen LogP contribution in [-0.4, -0.2) is 24.0 Å². The van der Waals surface area contributed by atoms with Crippen molar-refractivity contribution in [2.75, 3.05) is 17.3 Å². The highest BCUT2D eigenvalue weighted by atomic mass is 16.3. The zero-order chi connectivity index (χ0) is 15.4. The highest BCUT2D eigenvalue weighted by Crippen LogP contribution is 2.24. The van der Waals surface area contributed by atoms with E-state index >= 15 is 0 Å². The molecule has 0 unspecified atom stereocenters. The molecule has 108 valence electrons. The molecule has 0 spiro atoms. The van der Waals surface area contributed by atoms with Gasteiger partial charge in [-0.25, -0.2) is 0 Å². The fraction of sp³-hybridized carbons (Fsp3) is 0.125. The Labute approximate surface area is 122 Å². The Morgan fingerprint density at radius 2 is 1.76 bits per heavy atom. The van der Waals surface area contributed by atoms with Crippen molar-refractivity contribution in [2.24, 2.45) is 0 Å². The molecule has 0 fully saturated rings. The maximum Gasteiger partial charge on any atom is 0.316 e. The molecule has 0 aliphatic rings. The molecule has 0 bridgehead atoms. The lowest BCUT2D eigenvalue weighted by molar-refractivity contribution is -0.134. The number of aryl methyl sites for hydroxylation is 1. The molecule has 0 saturated carbocycles. The first kappa shape index (κ1) is 14.6. The SMILES string of the molecule is Cc1ccc(O)c(NC(=O)C(=O)N(C)c2ccccc2)c1. The van der Waals surface area contributed by atoms with Crippen molar-refractivity contribution in [1.82, 2.24) is 0 Å². The van der Waals surface area contributed by atoms with Crippen LogP contribution in [0.5, 0.6) is 5.75 Å². The summed E-state index contributed by atoms with van der Waals surface area (Å²) >= 11 is 0. The Morgan fingerprint density at radius 1 is 1.10 bits per heavy atom. The minimum absolute atomic E-state index is 0.0795. The molecule has 0 aliphatic heterocycles. The van der Waals surface area contributed by atoms with E-state index in [0.29, 0.717) is 5.69 Å². The summed E-state index contributed by atoms with van der Waals surface area (Å²) in [4.78, 5) is 25.3. The smallest absolute Gasteiger partial charge is 0.316 e. The van der Waals surface area contributed by atoms with Crippen molar-refractivity contribution in [3.05, 3.63) is 54.1 Å². The van der Waals surface area contributed by atoms with Crippen LogP contribution in [-0.2, 0) is 9.59 Å². The molecule has 2 amide bonds. The molecule has 0 radical (unpaired) electrons. The number of rotatable bonds is 2. The fourth-order valence-electron chi connectivity index (χ4n) is 1.85. The van der Waals surface area contributed by atoms with E-state index in [1.807, 2.05) is 13.0 Å². The highest BCUT2D eigenvalue weighted by Gasteiger charge is 2.20. The van der Waals surface area contributed by atoms with Crippen molar-refractivity contribution < 1.29 is 14.7 Å². The van der Waals surface area contributed by atoms with Gasteiger partial charge in [0.25, 0.3) is 0 Å². The predicted octanol–water partition coefficient (Wildman–Crippen LogP) is 2.30. The number of carbonyl (C=O) groups excluding carboxylic acids is 2. The number of phenolic OH excluding ortho intramolecular Hbond substituents is 1. The number of benzene rings is 2. The van der Waals surface area contributed by atoms with E-state index in [4.69, 9.17) is 0 Å². The van der Waals surface area contributed by atoms with Gasteiger partial charge in [0, 0.05) is 12.7 Å². The first-order valence-corrected chi connectivity index (χ1v) is 6.42. The second-order valence-electron chi connectivity index (χ2n) is 4.67. The van der Waals surface area contributed by atoms with E-state index in [1.165, 1.54) is 18.0 Å². The van der Waals surface area contributed by atoms with Crippen molar-refractivity contribution >= 4 is 23.2 Å². The summed E-state index contributed by atoms with van der Waals surface area (Å²) in [6, 6.07) is 13.6. The topological polar surface area (TPSA) is 69.6 Å². The van der Waals surface area contributed by atoms with Crippen LogP contribution in [0.2, 0.25) is 0 Å². The lowest BCUT2D eigenvalue weighted by Crippen LogP contribution is -2.37. The van der Waals surface area contributed by atoms with E-state index in [0.717, 1.165) is 5.56 Å². The third kappa shape index (κ3) is 3.39. The molecule has 2 aromatic carbocycles. The summed E-state index contributed by atoms with van der Waals surface area (Å²) in [6.07, 6.45) is 0. The van der Waals surface area contributed by atoms with Crippen LogP contribution >= 0.6 is 0 Å². The van der Waals surface area contributed by atoms with Crippen molar-refractivity contribution in [2.45, 2.75) is 6.92 Å². The molecule has 0 saturated heterocycles. The molecule has 2 aromatic rings. The standard InChI is InChI=1S/C16H16N2O3/c1-11-8-9-14(19)13(10-11)17-15(20)16(21)18(2)12-6-4-3-5-7-12/h3-10,19H,1-2H3,(H,17,20). The van der Waals surface area contributed by atoms with E-state index in [1.54, 1.807) is 36.4 Å². The van der Waals surface area contributed by atoms with E-state index in [9.17, 15) is 14.7 Å². The normalized spacial score (nSPS) is 10.0. The van der Waals surface area contributed by atoms with E-state index in [-0.39, 0.29) is 11.4 Å². The molecule has 2 rings (SSSR count). The molecule has 21 heavy (non-hydrogen) atoms. The molecule has 5 heteroatoms. The minimum atomic E-state index is -0.803. The Hall–Kier alpha value is -2.82. The maximum absolute atomic E-state index is 12.1. The van der Waals surface area contributed by atoms with Gasteiger partial charge in [0.1, 0.15) is 5.75 Å². The van der Waals surface area contributed by atoms with Gasteiger partial charge in [-0.1, -0.05) is 24.3 Å². The number of hydrogen-bond donors (Lipinski definition) is 2. The Balaban J connectivity index is 2.13. The van der Waals surface area contributed by atoms with Crippen LogP contribution < -0.4 is 10.2 Å². The van der Waals surface area contributed by atoms with Gasteiger partial charge in [-0.05, 0) is 36.8 Å². The molecule has 0 heterocycles. The molecule has 5 nitrogen and oxygen atoms in total. The van der Waals surface area contributed by atoms with Crippen LogP contribution in [0.3, 0.4) is 0 Å². The molecule has 0 aromatic heterocycles. The lowest BCUT2D eigenvalue weighted by Gasteiger charge is -2.17. The monoisotopic (exact) mass is 284 g/mol. The number of nitrogens with one attached hydrogen (secondary N) is 1. The van der Waals surface area contributed by atoms with Crippen LogP contribution in [0.4, 0.5) is 11.4 Å². The first-order chi connectivity index (χ1) is 9.99. The number of aromatic hydroxyl groups is 1. The van der Waals surface area contributed by atoms with Gasteiger partial charge in [-0.3, -0.25) is 9.59 Å². The number of nitrogens with zero attached hydrogens (tertiary/aromatic N) is 1. The van der Waals surface area contributed by atoms with Crippen molar-refractivity contribution in [1.29, 1.82) is 0 Å². The summed E-state index contributed by atoms with van der Waals surface area (Å²) in [7, 11) is 1.52. The second kappa shape index (κ2) is 6.09. The van der Waals surface area contributed by atoms with Gasteiger partial charge in [-0.15, -0.1) is 0 Å². The summed E-state index contributed by atoms with van der Waals surface area (Å²) in [5, 5.41) is 12.1. The number of carbonyl (C=O) groups is 2. The van der Waals surface area contributed by atoms with E-state index in [2.05, 4.69) is 5.32 Å². The van der Waals surface area contributed by atoms with Crippen LogP contribution in [0, 0.1) is 6.92 Å². The number of para-hydroxylation sites is 1. The average molecular weight is 284 g/mol. The maximum atomic E-state index is 12.1. The number of amides is 2. The van der Waals surface area contributed by atoms with Crippen molar-refractivity contribution in [3.8, 4) is 5.75 Å². The summed E-state index contributed by atoms with van der Waals surface area (Å²) in [5.41, 5.74) is 1.70. The van der Waals surface area contributed by atoms with Crippen LogP contribution in [0.1, 0.15) is 5.56 Å². The summed E-state index contributed by atoms with van der Waals surface area (Å²) in [6.45, 7) is 1.83. The summed E-state index contributed by atoms with van der Waals surface area (Å²) in [5.74, 6) is -1.59. The fourth-order valence-corrected chi connectivity index (χ4v) is 1.85. The Bertz CT molecular complexity index is 668.